The molecule has 0 aromatic heterocycles. The molecule has 0 aliphatic heterocycles. The van der Waals surface area contributed by atoms with Crippen molar-refractivity contribution in [3.8, 4) is 5.75 Å². The fourth-order valence-corrected chi connectivity index (χ4v) is 2.27. The third-order valence-corrected chi connectivity index (χ3v) is 3.71. The molecule has 0 aliphatic carbocycles. The lowest BCUT2D eigenvalue weighted by molar-refractivity contribution is -0.115. The predicted molar refractivity (Wildman–Crippen MR) is 82.1 cm³/mol. The molecule has 0 heterocycles. The van der Waals surface area contributed by atoms with Gasteiger partial charge in [-0.3, -0.25) is 4.79 Å². The molecule has 1 unspecified atom stereocenters. The fraction of sp³-hybridized carbons (Fsp3) is 0.500. The predicted octanol–water partition coefficient (Wildman–Crippen LogP) is 2.36. The van der Waals surface area contributed by atoms with E-state index in [0.717, 1.165) is 11.5 Å². The van der Waals surface area contributed by atoms with Crippen LogP contribution in [-0.2, 0) is 4.79 Å². The number of anilines is 1. The SMILES string of the molecule is CCSCC(C)NCC(=O)Nc1ccccc1OC. The van der Waals surface area contributed by atoms with E-state index in [1.807, 2.05) is 36.0 Å². The van der Waals surface area contributed by atoms with Gasteiger partial charge in [-0.1, -0.05) is 19.1 Å². The van der Waals surface area contributed by atoms with E-state index in [4.69, 9.17) is 4.74 Å². The number of rotatable bonds is 8. The molecule has 2 N–H and O–H groups in total. The Balaban J connectivity index is 2.38. The van der Waals surface area contributed by atoms with Crippen LogP contribution < -0.4 is 15.4 Å². The number of para-hydroxylation sites is 2. The summed E-state index contributed by atoms with van der Waals surface area (Å²) >= 11 is 1.86. The van der Waals surface area contributed by atoms with Crippen molar-refractivity contribution in [1.82, 2.24) is 5.32 Å². The van der Waals surface area contributed by atoms with Gasteiger partial charge in [0, 0.05) is 11.8 Å². The number of amides is 1. The second kappa shape index (κ2) is 8.82. The first kappa shape index (κ1) is 15.9. The zero-order chi connectivity index (χ0) is 14.1. The molecule has 0 aliphatic rings. The Morgan fingerprint density at radius 1 is 1.42 bits per heavy atom. The molecule has 0 spiro atoms. The molecule has 1 amide bonds. The Bertz CT molecular complexity index is 399. The van der Waals surface area contributed by atoms with Crippen molar-refractivity contribution in [2.24, 2.45) is 0 Å². The average Bonchev–Trinajstić information content (AvgIpc) is 2.43. The van der Waals surface area contributed by atoms with Crippen LogP contribution in [0.1, 0.15) is 13.8 Å². The lowest BCUT2D eigenvalue weighted by Crippen LogP contribution is -2.35. The van der Waals surface area contributed by atoms with Crippen LogP contribution in [0.5, 0.6) is 5.75 Å². The van der Waals surface area contributed by atoms with E-state index in [1.165, 1.54) is 0 Å². The summed E-state index contributed by atoms with van der Waals surface area (Å²) in [6.07, 6.45) is 0. The first-order valence-electron chi connectivity index (χ1n) is 6.41. The van der Waals surface area contributed by atoms with Crippen LogP contribution in [0.2, 0.25) is 0 Å². The molecule has 1 aromatic rings. The third kappa shape index (κ3) is 5.98. The molecule has 0 bridgehead atoms. The van der Waals surface area contributed by atoms with E-state index in [0.29, 0.717) is 24.0 Å². The van der Waals surface area contributed by atoms with Gasteiger partial charge in [0.25, 0.3) is 0 Å². The van der Waals surface area contributed by atoms with Gasteiger partial charge in [0.1, 0.15) is 5.75 Å². The normalized spacial score (nSPS) is 11.9. The van der Waals surface area contributed by atoms with Gasteiger partial charge in [-0.2, -0.15) is 11.8 Å². The standard InChI is InChI=1S/C14H22N2O2S/c1-4-19-10-11(2)15-9-14(17)16-12-7-5-6-8-13(12)18-3/h5-8,11,15H,4,9-10H2,1-3H3,(H,16,17). The summed E-state index contributed by atoms with van der Waals surface area (Å²) < 4.78 is 5.19. The summed E-state index contributed by atoms with van der Waals surface area (Å²) in [5.74, 6) is 2.72. The summed E-state index contributed by atoms with van der Waals surface area (Å²) in [6.45, 7) is 4.52. The van der Waals surface area contributed by atoms with Gasteiger partial charge in [-0.25, -0.2) is 0 Å². The van der Waals surface area contributed by atoms with Crippen molar-refractivity contribution in [1.29, 1.82) is 0 Å². The summed E-state index contributed by atoms with van der Waals surface area (Å²) in [7, 11) is 1.59. The molecule has 0 fully saturated rings. The number of ether oxygens (including phenoxy) is 1. The van der Waals surface area contributed by atoms with Crippen LogP contribution in [-0.4, -0.2) is 37.1 Å². The maximum Gasteiger partial charge on any atom is 0.238 e. The van der Waals surface area contributed by atoms with Gasteiger partial charge in [-0.05, 0) is 24.8 Å². The molecule has 19 heavy (non-hydrogen) atoms. The monoisotopic (exact) mass is 282 g/mol. The van der Waals surface area contributed by atoms with Crippen molar-refractivity contribution in [2.75, 3.05) is 30.5 Å². The van der Waals surface area contributed by atoms with Crippen LogP contribution in [0.3, 0.4) is 0 Å². The van der Waals surface area contributed by atoms with E-state index >= 15 is 0 Å². The van der Waals surface area contributed by atoms with Crippen molar-refractivity contribution in [3.63, 3.8) is 0 Å². The summed E-state index contributed by atoms with van der Waals surface area (Å²) in [5, 5.41) is 6.04. The van der Waals surface area contributed by atoms with Gasteiger partial charge in [0.05, 0.1) is 19.3 Å². The summed E-state index contributed by atoms with van der Waals surface area (Å²) in [5.41, 5.74) is 0.701. The summed E-state index contributed by atoms with van der Waals surface area (Å²) in [6, 6.07) is 7.72. The number of thioether (sulfide) groups is 1. The molecule has 5 heteroatoms. The third-order valence-electron chi connectivity index (χ3n) is 2.56. The van der Waals surface area contributed by atoms with Gasteiger partial charge in [0.15, 0.2) is 0 Å². The van der Waals surface area contributed by atoms with E-state index in [-0.39, 0.29) is 5.91 Å². The Morgan fingerprint density at radius 2 is 2.16 bits per heavy atom. The zero-order valence-electron chi connectivity index (χ0n) is 11.7. The topological polar surface area (TPSA) is 50.4 Å². The summed E-state index contributed by atoms with van der Waals surface area (Å²) in [4.78, 5) is 11.8. The highest BCUT2D eigenvalue weighted by Crippen LogP contribution is 2.22. The smallest absolute Gasteiger partial charge is 0.238 e. The highest BCUT2D eigenvalue weighted by atomic mass is 32.2. The fourth-order valence-electron chi connectivity index (χ4n) is 1.56. The second-order valence-corrected chi connectivity index (χ2v) is 5.51. The molecule has 0 radical (unpaired) electrons. The van der Waals surface area contributed by atoms with Crippen LogP contribution in [0, 0.1) is 0 Å². The molecule has 1 rings (SSSR count). The zero-order valence-corrected chi connectivity index (χ0v) is 12.5. The molecule has 106 valence electrons. The molecule has 0 saturated heterocycles. The first-order chi connectivity index (χ1) is 9.17. The number of hydrogen-bond donors (Lipinski definition) is 2. The van der Waals surface area contributed by atoms with Crippen LogP contribution in [0.15, 0.2) is 24.3 Å². The Morgan fingerprint density at radius 3 is 2.84 bits per heavy atom. The van der Waals surface area contributed by atoms with E-state index in [1.54, 1.807) is 7.11 Å². The molecule has 1 aromatic carbocycles. The number of benzene rings is 1. The molecular weight excluding hydrogens is 260 g/mol. The quantitative estimate of drug-likeness (QED) is 0.768. The minimum atomic E-state index is -0.0575. The second-order valence-electron chi connectivity index (χ2n) is 4.19. The number of nitrogens with one attached hydrogen (secondary N) is 2. The van der Waals surface area contributed by atoms with E-state index < -0.39 is 0 Å². The molecule has 1 atom stereocenters. The van der Waals surface area contributed by atoms with Gasteiger partial charge < -0.3 is 15.4 Å². The number of methoxy groups -OCH3 is 1. The van der Waals surface area contributed by atoms with Gasteiger partial charge in [0.2, 0.25) is 5.91 Å². The maximum atomic E-state index is 11.8. The van der Waals surface area contributed by atoms with Crippen molar-refractivity contribution < 1.29 is 9.53 Å². The highest BCUT2D eigenvalue weighted by Gasteiger charge is 2.08. The largest absolute Gasteiger partial charge is 0.495 e. The Labute approximate surface area is 119 Å². The van der Waals surface area contributed by atoms with Crippen molar-refractivity contribution in [3.05, 3.63) is 24.3 Å². The van der Waals surface area contributed by atoms with Crippen LogP contribution in [0.25, 0.3) is 0 Å². The molecule has 4 nitrogen and oxygen atoms in total. The highest BCUT2D eigenvalue weighted by molar-refractivity contribution is 7.99. The lowest BCUT2D eigenvalue weighted by atomic mass is 10.3. The van der Waals surface area contributed by atoms with Crippen LogP contribution in [0.4, 0.5) is 5.69 Å². The minimum absolute atomic E-state index is 0.0575. The number of carbonyl (C=O) groups is 1. The van der Waals surface area contributed by atoms with Crippen molar-refractivity contribution >= 4 is 23.4 Å². The van der Waals surface area contributed by atoms with Gasteiger partial charge >= 0.3 is 0 Å². The van der Waals surface area contributed by atoms with E-state index in [9.17, 15) is 4.79 Å². The average molecular weight is 282 g/mol. The molecular formula is C14H22N2O2S. The molecule has 0 saturated carbocycles. The first-order valence-corrected chi connectivity index (χ1v) is 7.56. The maximum absolute atomic E-state index is 11.8. The Kier molecular flexibility index (Phi) is 7.36. The van der Waals surface area contributed by atoms with Crippen molar-refractivity contribution in [2.45, 2.75) is 19.9 Å². The van der Waals surface area contributed by atoms with Gasteiger partial charge in [-0.15, -0.1) is 0 Å². The number of carbonyl (C=O) groups excluding carboxylic acids is 1. The Hall–Kier alpha value is -1.20. The number of hydrogen-bond acceptors (Lipinski definition) is 4. The van der Waals surface area contributed by atoms with Crippen LogP contribution >= 0.6 is 11.8 Å². The lowest BCUT2D eigenvalue weighted by Gasteiger charge is -2.14. The minimum Gasteiger partial charge on any atom is -0.495 e. The van der Waals surface area contributed by atoms with E-state index in [2.05, 4.69) is 24.5 Å².